The van der Waals surface area contributed by atoms with Crippen LogP contribution in [-0.2, 0) is 10.2 Å². The van der Waals surface area contributed by atoms with Gasteiger partial charge in [0.15, 0.2) is 6.23 Å². The van der Waals surface area contributed by atoms with Crippen LogP contribution in [0.5, 0.6) is 0 Å². The molecule has 1 N–H and O–H groups in total. The summed E-state index contributed by atoms with van der Waals surface area (Å²) < 4.78 is 0. The third-order valence-corrected chi connectivity index (χ3v) is 14.1. The van der Waals surface area contributed by atoms with E-state index in [9.17, 15) is 19.5 Å². The second-order valence-electron chi connectivity index (χ2n) is 18.0. The van der Waals surface area contributed by atoms with E-state index in [1.807, 2.05) is 23.1 Å². The molecule has 57 heavy (non-hydrogen) atoms. The summed E-state index contributed by atoms with van der Waals surface area (Å²) in [7, 11) is 0. The van der Waals surface area contributed by atoms with Crippen LogP contribution in [0.1, 0.15) is 195 Å². The summed E-state index contributed by atoms with van der Waals surface area (Å²) in [6, 6.07) is 8.03. The molecular formula is C51H68N2O4. The first-order valence-corrected chi connectivity index (χ1v) is 23.1. The van der Waals surface area contributed by atoms with Crippen LogP contribution in [0.2, 0.25) is 0 Å². The van der Waals surface area contributed by atoms with Gasteiger partial charge >= 0.3 is 0 Å². The minimum Gasteiger partial charge on any atom is -0.369 e. The molecule has 0 bridgehead atoms. The van der Waals surface area contributed by atoms with Crippen molar-refractivity contribution in [3.8, 4) is 0 Å². The second kappa shape index (κ2) is 18.0. The van der Waals surface area contributed by atoms with Gasteiger partial charge in [-0.05, 0) is 65.5 Å². The normalized spacial score (nSPS) is 22.0. The quantitative estimate of drug-likeness (QED) is 0.0955. The van der Waals surface area contributed by atoms with Gasteiger partial charge in [0.1, 0.15) is 0 Å². The van der Waals surface area contributed by atoms with Crippen molar-refractivity contribution in [3.05, 3.63) is 87.5 Å². The molecule has 0 radical (unpaired) electrons. The zero-order valence-electron chi connectivity index (χ0n) is 35.6. The summed E-state index contributed by atoms with van der Waals surface area (Å²) in [6.07, 6.45) is 29.0. The topological polar surface area (TPSA) is 77.9 Å². The average molecular weight is 773 g/mol. The SMILES string of the molecule is CCCCCCC(CCCCCC)N1C(=O)c2ccc3c4c(ccc(c24)C1=O)C1(C)C=CC2=C4C(=CC=C3C41)C(O)N(C(CCCCCC)CCCCCC)C2=O. The predicted octanol–water partition coefficient (Wildman–Crippen LogP) is 12.3. The number of rotatable bonds is 22. The molecule has 2 aromatic carbocycles. The molecule has 7 rings (SSSR count). The maximum absolute atomic E-state index is 14.7. The predicted molar refractivity (Wildman–Crippen MR) is 233 cm³/mol. The molecule has 2 aromatic rings. The molecular weight excluding hydrogens is 705 g/mol. The molecule has 0 saturated heterocycles. The standard InChI is InChI=1S/C51H68N2O4/c1-6-10-14-18-22-34(23-19-15-11-7-2)52-47(54)38-28-26-36-37-27-29-40-44-41(32-33-51(5,46(37)44)42-31-30-39(48(52)55)43(38)45(36)42)50(57)53(49(40)56)35(24-20-16-12-8-3)25-21-17-13-9-4/h26-35,46,49,56H,6-25H2,1-5H3. The number of imide groups is 1. The Balaban J connectivity index is 1.26. The van der Waals surface area contributed by atoms with Crippen LogP contribution < -0.4 is 0 Å². The third kappa shape index (κ3) is 7.42. The minimum absolute atomic E-state index is 0.00613. The van der Waals surface area contributed by atoms with Gasteiger partial charge in [0.25, 0.3) is 17.7 Å². The lowest BCUT2D eigenvalue weighted by Gasteiger charge is -2.52. The van der Waals surface area contributed by atoms with Gasteiger partial charge in [-0.15, -0.1) is 0 Å². The van der Waals surface area contributed by atoms with Gasteiger partial charge in [0.05, 0.1) is 0 Å². The van der Waals surface area contributed by atoms with E-state index in [4.69, 9.17) is 0 Å². The molecule has 3 atom stereocenters. The Hall–Kier alpha value is -3.77. The summed E-state index contributed by atoms with van der Waals surface area (Å²) in [4.78, 5) is 47.4. The molecule has 0 spiro atoms. The largest absolute Gasteiger partial charge is 0.369 e. The maximum atomic E-state index is 14.7. The monoisotopic (exact) mass is 773 g/mol. The average Bonchev–Trinajstić information content (AvgIpc) is 3.21. The van der Waals surface area contributed by atoms with Crippen LogP contribution in [0, 0.1) is 5.92 Å². The molecule has 6 nitrogen and oxygen atoms in total. The second-order valence-corrected chi connectivity index (χ2v) is 18.0. The van der Waals surface area contributed by atoms with Crippen molar-refractivity contribution in [1.82, 2.24) is 9.80 Å². The van der Waals surface area contributed by atoms with E-state index in [1.54, 1.807) is 4.90 Å². The molecule has 6 heteroatoms. The number of hydrogen-bond acceptors (Lipinski definition) is 4. The Morgan fingerprint density at radius 3 is 1.63 bits per heavy atom. The fourth-order valence-electron chi connectivity index (χ4n) is 11.0. The first-order chi connectivity index (χ1) is 27.7. The van der Waals surface area contributed by atoms with Crippen molar-refractivity contribution in [2.75, 3.05) is 0 Å². The zero-order chi connectivity index (χ0) is 40.3. The van der Waals surface area contributed by atoms with Crippen LogP contribution in [0.25, 0.3) is 16.3 Å². The lowest BCUT2D eigenvalue weighted by Crippen LogP contribution is -2.54. The van der Waals surface area contributed by atoms with E-state index >= 15 is 0 Å². The van der Waals surface area contributed by atoms with Gasteiger partial charge in [-0.2, -0.15) is 0 Å². The molecule has 3 aliphatic carbocycles. The minimum atomic E-state index is -0.998. The van der Waals surface area contributed by atoms with Crippen LogP contribution in [0.3, 0.4) is 0 Å². The summed E-state index contributed by atoms with van der Waals surface area (Å²) in [5, 5.41) is 14.0. The molecule has 306 valence electrons. The Morgan fingerprint density at radius 1 is 0.596 bits per heavy atom. The summed E-state index contributed by atoms with van der Waals surface area (Å²) in [5.74, 6) is -0.553. The van der Waals surface area contributed by atoms with Gasteiger partial charge in [0, 0.05) is 51.1 Å². The lowest BCUT2D eigenvalue weighted by molar-refractivity contribution is -0.140. The van der Waals surface area contributed by atoms with Crippen LogP contribution >= 0.6 is 0 Å². The van der Waals surface area contributed by atoms with E-state index in [-0.39, 0.29) is 35.7 Å². The number of unbranched alkanes of at least 4 members (excludes halogenated alkanes) is 12. The van der Waals surface area contributed by atoms with Crippen molar-refractivity contribution < 1.29 is 19.5 Å². The third-order valence-electron chi connectivity index (χ3n) is 14.1. The first kappa shape index (κ1) is 41.4. The summed E-state index contributed by atoms with van der Waals surface area (Å²) in [5.41, 5.74) is 6.35. The molecule has 0 aromatic heterocycles. The molecule has 3 amide bonds. The van der Waals surface area contributed by atoms with Gasteiger partial charge in [-0.3, -0.25) is 19.3 Å². The Kier molecular flexibility index (Phi) is 13.1. The van der Waals surface area contributed by atoms with Crippen LogP contribution in [0.15, 0.2) is 65.3 Å². The highest BCUT2D eigenvalue weighted by Crippen LogP contribution is 2.60. The first-order valence-electron chi connectivity index (χ1n) is 23.1. The van der Waals surface area contributed by atoms with Gasteiger partial charge < -0.3 is 10.0 Å². The van der Waals surface area contributed by atoms with E-state index in [0.717, 1.165) is 129 Å². The van der Waals surface area contributed by atoms with E-state index in [0.29, 0.717) is 16.7 Å². The number of aliphatic hydroxyl groups excluding tert-OH is 1. The number of allylic oxidation sites excluding steroid dienone is 4. The highest BCUT2D eigenvalue weighted by molar-refractivity contribution is 6.27. The number of benzene rings is 2. The van der Waals surface area contributed by atoms with Crippen molar-refractivity contribution in [2.24, 2.45) is 5.92 Å². The zero-order valence-corrected chi connectivity index (χ0v) is 35.6. The van der Waals surface area contributed by atoms with Gasteiger partial charge in [0.2, 0.25) is 0 Å². The fourth-order valence-corrected chi connectivity index (χ4v) is 11.0. The van der Waals surface area contributed by atoms with Gasteiger partial charge in [-0.1, -0.05) is 174 Å². The number of nitrogens with zero attached hydrogens (tertiary/aromatic N) is 2. The summed E-state index contributed by atoms with van der Waals surface area (Å²) in [6.45, 7) is 11.1. The number of aliphatic hydroxyl groups is 1. The van der Waals surface area contributed by atoms with Gasteiger partial charge in [-0.25, -0.2) is 0 Å². The molecule has 0 saturated carbocycles. The van der Waals surface area contributed by atoms with Crippen LogP contribution in [0.4, 0.5) is 0 Å². The van der Waals surface area contributed by atoms with Crippen LogP contribution in [-0.4, -0.2) is 50.9 Å². The Bertz CT molecular complexity index is 1940. The number of carbonyl (C=O) groups excluding carboxylic acids is 3. The summed E-state index contributed by atoms with van der Waals surface area (Å²) >= 11 is 0. The molecule has 3 unspecified atom stereocenters. The Labute approximate surface area is 342 Å². The van der Waals surface area contributed by atoms with Crippen molar-refractivity contribution >= 4 is 34.1 Å². The molecule has 2 aliphatic heterocycles. The Morgan fingerprint density at radius 2 is 1.09 bits per heavy atom. The molecule has 2 heterocycles. The number of fused-ring (bicyclic) bond motifs is 2. The molecule has 5 aliphatic rings. The van der Waals surface area contributed by atoms with E-state index in [2.05, 4.69) is 65.0 Å². The lowest BCUT2D eigenvalue weighted by atomic mass is 9.54. The number of hydrogen-bond donors (Lipinski definition) is 1. The van der Waals surface area contributed by atoms with Crippen molar-refractivity contribution in [2.45, 2.75) is 187 Å². The highest BCUT2D eigenvalue weighted by atomic mass is 16.3. The molecule has 0 fully saturated rings. The highest BCUT2D eigenvalue weighted by Gasteiger charge is 2.53. The van der Waals surface area contributed by atoms with Crippen molar-refractivity contribution in [3.63, 3.8) is 0 Å². The van der Waals surface area contributed by atoms with E-state index in [1.165, 1.54) is 38.5 Å². The number of amides is 3. The fraction of sp³-hybridized carbons (Fsp3) is 0.588. The maximum Gasteiger partial charge on any atom is 0.261 e. The van der Waals surface area contributed by atoms with E-state index < -0.39 is 11.6 Å². The smallest absolute Gasteiger partial charge is 0.261 e. The number of carbonyl (C=O) groups is 3. The van der Waals surface area contributed by atoms with Crippen molar-refractivity contribution in [1.29, 1.82) is 0 Å².